The third-order valence-corrected chi connectivity index (χ3v) is 2.95. The number of nitrogens with one attached hydrogen (secondary N) is 2. The van der Waals surface area contributed by atoms with Crippen LogP contribution in [0, 0.1) is 0 Å². The molecule has 7 heteroatoms. The molecule has 0 bridgehead atoms. The SMILES string of the molecule is CCOC(=O)CCNC(=O)c1n[nH]c(C2CC2)c1N. The minimum Gasteiger partial charge on any atom is -0.466 e. The van der Waals surface area contributed by atoms with E-state index in [0.717, 1.165) is 18.5 Å². The Bertz CT molecular complexity index is 479. The first kappa shape index (κ1) is 13.4. The molecule has 0 atom stereocenters. The van der Waals surface area contributed by atoms with E-state index in [1.54, 1.807) is 6.92 Å². The second kappa shape index (κ2) is 5.73. The zero-order valence-corrected chi connectivity index (χ0v) is 10.9. The average molecular weight is 266 g/mol. The number of hydrogen-bond acceptors (Lipinski definition) is 5. The lowest BCUT2D eigenvalue weighted by Gasteiger charge is -2.04. The van der Waals surface area contributed by atoms with Crippen molar-refractivity contribution in [3.05, 3.63) is 11.4 Å². The van der Waals surface area contributed by atoms with Gasteiger partial charge < -0.3 is 15.8 Å². The summed E-state index contributed by atoms with van der Waals surface area (Å²) in [6.45, 7) is 2.28. The highest BCUT2D eigenvalue weighted by Crippen LogP contribution is 2.42. The largest absolute Gasteiger partial charge is 0.466 e. The molecule has 1 aliphatic carbocycles. The molecule has 1 amide bonds. The molecule has 1 fully saturated rings. The topological polar surface area (TPSA) is 110 Å². The van der Waals surface area contributed by atoms with E-state index < -0.39 is 0 Å². The summed E-state index contributed by atoms with van der Waals surface area (Å²) < 4.78 is 4.76. The molecule has 1 aromatic rings. The van der Waals surface area contributed by atoms with Crippen LogP contribution in [0.25, 0.3) is 0 Å². The molecule has 1 aliphatic rings. The molecule has 0 radical (unpaired) electrons. The Morgan fingerprint density at radius 1 is 1.53 bits per heavy atom. The van der Waals surface area contributed by atoms with Crippen molar-refractivity contribution in [2.24, 2.45) is 0 Å². The maximum Gasteiger partial charge on any atom is 0.307 e. The number of aromatic nitrogens is 2. The van der Waals surface area contributed by atoms with Crippen molar-refractivity contribution in [2.75, 3.05) is 18.9 Å². The minimum absolute atomic E-state index is 0.138. The summed E-state index contributed by atoms with van der Waals surface area (Å²) in [4.78, 5) is 22.9. The predicted molar refractivity (Wildman–Crippen MR) is 68.6 cm³/mol. The summed E-state index contributed by atoms with van der Waals surface area (Å²) in [5, 5.41) is 9.34. The van der Waals surface area contributed by atoms with Crippen LogP contribution in [0.4, 0.5) is 5.69 Å². The summed E-state index contributed by atoms with van der Waals surface area (Å²) in [6, 6.07) is 0. The summed E-state index contributed by atoms with van der Waals surface area (Å²) >= 11 is 0. The molecule has 0 aliphatic heterocycles. The first-order valence-corrected chi connectivity index (χ1v) is 6.41. The number of aromatic amines is 1. The number of nitrogens with two attached hydrogens (primary N) is 1. The van der Waals surface area contributed by atoms with Crippen LogP contribution in [0.3, 0.4) is 0 Å². The lowest BCUT2D eigenvalue weighted by Crippen LogP contribution is -2.27. The molecule has 1 heterocycles. The van der Waals surface area contributed by atoms with Gasteiger partial charge in [-0.05, 0) is 19.8 Å². The number of ether oxygens (including phenoxy) is 1. The standard InChI is InChI=1S/C12H18N4O3/c1-2-19-8(17)5-6-14-12(18)11-9(13)10(15-16-11)7-3-4-7/h7H,2-6,13H2,1H3,(H,14,18)(H,15,16). The van der Waals surface area contributed by atoms with Gasteiger partial charge in [-0.2, -0.15) is 5.10 Å². The Balaban J connectivity index is 1.84. The summed E-state index contributed by atoms with van der Waals surface area (Å²) in [6.07, 6.45) is 2.30. The maximum atomic E-state index is 11.8. The highest BCUT2D eigenvalue weighted by Gasteiger charge is 2.30. The smallest absolute Gasteiger partial charge is 0.307 e. The highest BCUT2D eigenvalue weighted by molar-refractivity contribution is 5.97. The van der Waals surface area contributed by atoms with E-state index in [-0.39, 0.29) is 30.5 Å². The van der Waals surface area contributed by atoms with E-state index in [2.05, 4.69) is 15.5 Å². The Hall–Kier alpha value is -2.05. The van der Waals surface area contributed by atoms with Crippen LogP contribution in [0.15, 0.2) is 0 Å². The summed E-state index contributed by atoms with van der Waals surface area (Å²) in [7, 11) is 0. The van der Waals surface area contributed by atoms with Gasteiger partial charge in [0.2, 0.25) is 0 Å². The number of nitrogens with zero attached hydrogens (tertiary/aromatic N) is 1. The number of hydrogen-bond donors (Lipinski definition) is 3. The van der Waals surface area contributed by atoms with Gasteiger partial charge in [-0.1, -0.05) is 0 Å². The molecule has 0 unspecified atom stereocenters. The van der Waals surface area contributed by atoms with Crippen LogP contribution < -0.4 is 11.1 Å². The molecular formula is C12H18N4O3. The second-order valence-corrected chi connectivity index (χ2v) is 4.48. The monoisotopic (exact) mass is 266 g/mol. The zero-order valence-electron chi connectivity index (χ0n) is 10.9. The first-order valence-electron chi connectivity index (χ1n) is 6.41. The van der Waals surface area contributed by atoms with E-state index in [4.69, 9.17) is 10.5 Å². The quantitative estimate of drug-likeness (QED) is 0.651. The Labute approximate surface area is 110 Å². The molecule has 7 nitrogen and oxygen atoms in total. The molecule has 0 aromatic carbocycles. The Kier molecular flexibility index (Phi) is 4.03. The normalized spacial score (nSPS) is 14.2. The van der Waals surface area contributed by atoms with E-state index in [9.17, 15) is 9.59 Å². The second-order valence-electron chi connectivity index (χ2n) is 4.48. The van der Waals surface area contributed by atoms with Gasteiger partial charge in [0.15, 0.2) is 5.69 Å². The molecule has 4 N–H and O–H groups in total. The van der Waals surface area contributed by atoms with Crippen molar-refractivity contribution in [1.82, 2.24) is 15.5 Å². The van der Waals surface area contributed by atoms with Gasteiger partial charge in [-0.25, -0.2) is 0 Å². The van der Waals surface area contributed by atoms with Gasteiger partial charge in [0.05, 0.1) is 24.4 Å². The summed E-state index contributed by atoms with van der Waals surface area (Å²) in [5.41, 5.74) is 7.33. The number of rotatable bonds is 6. The van der Waals surface area contributed by atoms with Crippen molar-refractivity contribution in [2.45, 2.75) is 32.1 Å². The summed E-state index contributed by atoms with van der Waals surface area (Å²) in [5.74, 6) is -0.296. The number of nitrogen functional groups attached to an aromatic ring is 1. The maximum absolute atomic E-state index is 11.8. The number of esters is 1. The minimum atomic E-state index is -0.370. The van der Waals surface area contributed by atoms with Crippen LogP contribution in [-0.2, 0) is 9.53 Å². The van der Waals surface area contributed by atoms with Gasteiger partial charge >= 0.3 is 5.97 Å². The number of anilines is 1. The molecule has 19 heavy (non-hydrogen) atoms. The van der Waals surface area contributed by atoms with Crippen molar-refractivity contribution >= 4 is 17.6 Å². The van der Waals surface area contributed by atoms with E-state index >= 15 is 0 Å². The van der Waals surface area contributed by atoms with Crippen LogP contribution in [0.1, 0.15) is 48.3 Å². The Morgan fingerprint density at radius 3 is 2.89 bits per heavy atom. The van der Waals surface area contributed by atoms with Crippen LogP contribution in [-0.4, -0.2) is 35.2 Å². The lowest BCUT2D eigenvalue weighted by atomic mass is 10.2. The molecule has 0 spiro atoms. The van der Waals surface area contributed by atoms with Gasteiger partial charge in [-0.3, -0.25) is 14.7 Å². The van der Waals surface area contributed by atoms with Gasteiger partial charge in [0, 0.05) is 12.5 Å². The van der Waals surface area contributed by atoms with Crippen LogP contribution in [0.5, 0.6) is 0 Å². The highest BCUT2D eigenvalue weighted by atomic mass is 16.5. The lowest BCUT2D eigenvalue weighted by molar-refractivity contribution is -0.142. The number of carbonyl (C=O) groups excluding carboxylic acids is 2. The molecule has 1 saturated carbocycles. The molecule has 104 valence electrons. The molecule has 1 aromatic heterocycles. The van der Waals surface area contributed by atoms with Crippen molar-refractivity contribution in [1.29, 1.82) is 0 Å². The number of carbonyl (C=O) groups is 2. The third-order valence-electron chi connectivity index (χ3n) is 2.95. The molecule has 0 saturated heterocycles. The molecule has 2 rings (SSSR count). The van der Waals surface area contributed by atoms with E-state index in [0.29, 0.717) is 18.2 Å². The van der Waals surface area contributed by atoms with Gasteiger partial charge in [0.25, 0.3) is 5.91 Å². The first-order chi connectivity index (χ1) is 9.13. The predicted octanol–water partition coefficient (Wildman–Crippen LogP) is 0.552. The van der Waals surface area contributed by atoms with Crippen molar-refractivity contribution < 1.29 is 14.3 Å². The number of H-pyrrole nitrogens is 1. The average Bonchev–Trinajstić information content (AvgIpc) is 3.13. The third kappa shape index (κ3) is 3.24. The zero-order chi connectivity index (χ0) is 13.8. The van der Waals surface area contributed by atoms with E-state index in [1.807, 2.05) is 0 Å². The fraction of sp³-hybridized carbons (Fsp3) is 0.583. The molecular weight excluding hydrogens is 248 g/mol. The van der Waals surface area contributed by atoms with Crippen molar-refractivity contribution in [3.63, 3.8) is 0 Å². The van der Waals surface area contributed by atoms with Crippen LogP contribution >= 0.6 is 0 Å². The fourth-order valence-electron chi connectivity index (χ4n) is 1.82. The number of amides is 1. The van der Waals surface area contributed by atoms with Gasteiger partial charge in [0.1, 0.15) is 0 Å². The Morgan fingerprint density at radius 2 is 2.26 bits per heavy atom. The fourth-order valence-corrected chi connectivity index (χ4v) is 1.82. The van der Waals surface area contributed by atoms with E-state index in [1.165, 1.54) is 0 Å². The van der Waals surface area contributed by atoms with Gasteiger partial charge in [-0.15, -0.1) is 0 Å². The van der Waals surface area contributed by atoms with Crippen LogP contribution in [0.2, 0.25) is 0 Å². The van der Waals surface area contributed by atoms with Crippen molar-refractivity contribution in [3.8, 4) is 0 Å².